The van der Waals surface area contributed by atoms with E-state index >= 15 is 0 Å². The van der Waals surface area contributed by atoms with Gasteiger partial charge in [0.2, 0.25) is 8.38 Å². The third kappa shape index (κ3) is 9.83. The van der Waals surface area contributed by atoms with Crippen LogP contribution >= 0.6 is 24.3 Å². The van der Waals surface area contributed by atoms with Crippen molar-refractivity contribution in [2.24, 2.45) is 0 Å². The van der Waals surface area contributed by atoms with Crippen molar-refractivity contribution < 1.29 is 18.6 Å². The quantitative estimate of drug-likeness (QED) is 0.256. The number of hydrogen-bond acceptors (Lipinski definition) is 4. The smallest absolute Gasteiger partial charge is 0.234 e. The largest absolute Gasteiger partial charge is 0.446 e. The van der Waals surface area contributed by atoms with E-state index in [0.29, 0.717) is 12.4 Å². The summed E-state index contributed by atoms with van der Waals surface area (Å²) < 4.78 is 17.3. The first-order chi connectivity index (χ1) is 13.1. The van der Waals surface area contributed by atoms with Gasteiger partial charge in [-0.25, -0.2) is 0 Å². The number of halogens is 1. The molecular weight excluding hydrogens is 427 g/mol. The van der Waals surface area contributed by atoms with Crippen molar-refractivity contribution >= 4 is 36.7 Å². The van der Waals surface area contributed by atoms with E-state index in [2.05, 4.69) is 32.8 Å². The number of hydrogen-bond donors (Lipinski definition) is 0. The first kappa shape index (κ1) is 23.5. The highest BCUT2D eigenvalue weighted by atomic mass is 79.9. The van der Waals surface area contributed by atoms with Crippen LogP contribution in [-0.2, 0) is 20.2 Å². The summed E-state index contributed by atoms with van der Waals surface area (Å²) in [6, 6.07) is 15.8. The van der Waals surface area contributed by atoms with Crippen molar-refractivity contribution in [2.45, 2.75) is 20.0 Å². The second kappa shape index (κ2) is 14.5. The lowest BCUT2D eigenvalue weighted by molar-refractivity contribution is -0.104. The summed E-state index contributed by atoms with van der Waals surface area (Å²) in [7, 11) is 0.589. The third-order valence-corrected chi connectivity index (χ3v) is 5.31. The van der Waals surface area contributed by atoms with Gasteiger partial charge >= 0.3 is 0 Å². The Bertz CT molecular complexity index is 690. The molecule has 0 aliphatic rings. The van der Waals surface area contributed by atoms with Crippen molar-refractivity contribution in [1.29, 1.82) is 0 Å². The predicted octanol–water partition coefficient (Wildman–Crippen LogP) is 6.24. The average molecular weight is 453 g/mol. The summed E-state index contributed by atoms with van der Waals surface area (Å²) in [6.07, 6.45) is 4.65. The Morgan fingerprint density at radius 2 is 1.78 bits per heavy atom. The zero-order valence-electron chi connectivity index (χ0n) is 15.9. The molecule has 0 radical (unpaired) electrons. The van der Waals surface area contributed by atoms with Gasteiger partial charge in [0.25, 0.3) is 0 Å². The summed E-state index contributed by atoms with van der Waals surface area (Å²) in [6.45, 7) is 5.33. The van der Waals surface area contributed by atoms with Gasteiger partial charge in [-0.1, -0.05) is 46.3 Å². The lowest BCUT2D eigenvalue weighted by Gasteiger charge is -2.19. The van der Waals surface area contributed by atoms with Crippen LogP contribution in [0.2, 0.25) is 0 Å². The molecule has 0 spiro atoms. The summed E-state index contributed by atoms with van der Waals surface area (Å²) in [5.74, 6) is 0.710. The monoisotopic (exact) mass is 452 g/mol. The molecule has 2 rings (SSSR count). The van der Waals surface area contributed by atoms with E-state index in [1.165, 1.54) is 11.6 Å². The van der Waals surface area contributed by atoms with Gasteiger partial charge < -0.3 is 13.8 Å². The van der Waals surface area contributed by atoms with E-state index in [1.807, 2.05) is 50.2 Å². The Labute approximate surface area is 171 Å². The molecule has 146 valence electrons. The third-order valence-electron chi connectivity index (χ3n) is 3.24. The molecule has 0 bridgehead atoms. The number of carbonyl (C=O) groups is 1. The average Bonchev–Trinajstić information content (AvgIpc) is 2.69. The highest BCUT2D eigenvalue weighted by molar-refractivity contribution is 9.10. The maximum absolute atomic E-state index is 10.6. The summed E-state index contributed by atoms with van der Waals surface area (Å²) >= 11 is 3.44. The fourth-order valence-electron chi connectivity index (χ4n) is 1.97. The Morgan fingerprint density at radius 3 is 2.37 bits per heavy atom. The Hall–Kier alpha value is -1.52. The van der Waals surface area contributed by atoms with Gasteiger partial charge in [-0.05, 0) is 49.8 Å². The molecule has 0 heterocycles. The van der Waals surface area contributed by atoms with E-state index in [4.69, 9.17) is 9.05 Å². The first-order valence-electron chi connectivity index (χ1n) is 8.67. The predicted molar refractivity (Wildman–Crippen MR) is 116 cm³/mol. The van der Waals surface area contributed by atoms with Gasteiger partial charge in [0.15, 0.2) is 0 Å². The Balaban J connectivity index is 0.000000828. The van der Waals surface area contributed by atoms with Crippen LogP contribution < -0.4 is 4.52 Å². The van der Waals surface area contributed by atoms with E-state index in [1.54, 1.807) is 13.2 Å². The summed E-state index contributed by atoms with van der Waals surface area (Å²) in [4.78, 5) is 10.6. The van der Waals surface area contributed by atoms with E-state index in [-0.39, 0.29) is 0 Å². The standard InChI is InChI=1S/C18H18BrO3P.C3H8O/c1-2-21-23(14-15-7-4-3-5-8-15)22-18-11-10-17(19)13-16(18)9-6-12-20;1-3-4-2/h3-13H,2,14H2,1H3;3H2,1-2H3/b9-6+;. The lowest BCUT2D eigenvalue weighted by Crippen LogP contribution is -1.98. The van der Waals surface area contributed by atoms with Crippen LogP contribution in [0.4, 0.5) is 0 Å². The molecule has 0 fully saturated rings. The minimum Gasteiger partial charge on any atom is -0.446 e. The molecule has 0 aliphatic heterocycles. The van der Waals surface area contributed by atoms with Crippen LogP contribution in [0.25, 0.3) is 6.08 Å². The van der Waals surface area contributed by atoms with Crippen molar-refractivity contribution in [3.63, 3.8) is 0 Å². The minimum atomic E-state index is -1.09. The number of carbonyl (C=O) groups excluding carboxylic acids is 1. The zero-order chi connectivity index (χ0) is 19.9. The number of aldehydes is 1. The van der Waals surface area contributed by atoms with Crippen LogP contribution in [0.15, 0.2) is 59.1 Å². The number of rotatable bonds is 9. The van der Waals surface area contributed by atoms with Crippen molar-refractivity contribution in [2.75, 3.05) is 20.3 Å². The lowest BCUT2D eigenvalue weighted by atomic mass is 10.2. The number of benzene rings is 2. The molecule has 0 saturated carbocycles. The maximum atomic E-state index is 10.6. The van der Waals surface area contributed by atoms with Gasteiger partial charge in [0.05, 0.1) is 12.8 Å². The second-order valence-corrected chi connectivity index (χ2v) is 7.58. The summed E-state index contributed by atoms with van der Waals surface area (Å²) in [5.41, 5.74) is 2.01. The minimum absolute atomic E-state index is 0.592. The molecular formula is C21H26BrO4P. The second-order valence-electron chi connectivity index (χ2n) is 5.24. The van der Waals surface area contributed by atoms with Gasteiger partial charge in [-0.3, -0.25) is 4.79 Å². The molecule has 27 heavy (non-hydrogen) atoms. The molecule has 6 heteroatoms. The Morgan fingerprint density at radius 1 is 1.07 bits per heavy atom. The SMILES string of the molecule is CCOC.CCOP(Cc1ccccc1)Oc1ccc(Br)cc1/C=C/C=O. The normalized spacial score (nSPS) is 11.6. The van der Waals surface area contributed by atoms with Crippen LogP contribution in [0.3, 0.4) is 0 Å². The first-order valence-corrected chi connectivity index (χ1v) is 10.8. The molecule has 1 atom stereocenters. The van der Waals surface area contributed by atoms with Crippen molar-refractivity contribution in [3.8, 4) is 5.75 Å². The molecule has 0 N–H and O–H groups in total. The van der Waals surface area contributed by atoms with Gasteiger partial charge in [0.1, 0.15) is 12.0 Å². The number of ether oxygens (including phenoxy) is 1. The highest BCUT2D eigenvalue weighted by Gasteiger charge is 2.15. The molecule has 1 unspecified atom stereocenters. The van der Waals surface area contributed by atoms with E-state index in [9.17, 15) is 4.79 Å². The molecule has 0 aromatic heterocycles. The molecule has 2 aromatic carbocycles. The van der Waals surface area contributed by atoms with Crippen molar-refractivity contribution in [1.82, 2.24) is 0 Å². The van der Waals surface area contributed by atoms with Crippen LogP contribution in [-0.4, -0.2) is 26.6 Å². The van der Waals surface area contributed by atoms with Crippen LogP contribution in [0.5, 0.6) is 5.75 Å². The van der Waals surface area contributed by atoms with Gasteiger partial charge in [-0.15, -0.1) is 0 Å². The Kier molecular flexibility index (Phi) is 12.7. The van der Waals surface area contributed by atoms with Crippen LogP contribution in [0.1, 0.15) is 25.0 Å². The van der Waals surface area contributed by atoms with Crippen LogP contribution in [0, 0.1) is 0 Å². The molecule has 0 saturated heterocycles. The number of allylic oxidation sites excluding steroid dienone is 1. The topological polar surface area (TPSA) is 44.8 Å². The van der Waals surface area contributed by atoms with E-state index in [0.717, 1.165) is 29.1 Å². The number of methoxy groups -OCH3 is 1. The van der Waals surface area contributed by atoms with E-state index < -0.39 is 8.38 Å². The maximum Gasteiger partial charge on any atom is 0.234 e. The summed E-state index contributed by atoms with van der Waals surface area (Å²) in [5, 5.41) is 0. The highest BCUT2D eigenvalue weighted by Crippen LogP contribution is 2.44. The molecule has 2 aromatic rings. The van der Waals surface area contributed by atoms with Crippen molar-refractivity contribution in [3.05, 3.63) is 70.2 Å². The molecule has 0 amide bonds. The molecule has 4 nitrogen and oxygen atoms in total. The van der Waals surface area contributed by atoms with Gasteiger partial charge in [-0.2, -0.15) is 0 Å². The fourth-order valence-corrected chi connectivity index (χ4v) is 3.74. The molecule has 0 aliphatic carbocycles. The fraction of sp³-hybridized carbons (Fsp3) is 0.286. The zero-order valence-corrected chi connectivity index (χ0v) is 18.4. The van der Waals surface area contributed by atoms with Gasteiger partial charge in [0, 0.05) is 23.8 Å².